The SMILES string of the molecule is O=C(COc1ccc(Br)cc1)N1CCCSc2ccccc21. The van der Waals surface area contributed by atoms with Gasteiger partial charge in [0.15, 0.2) is 6.61 Å². The number of hydrogen-bond donors (Lipinski definition) is 0. The topological polar surface area (TPSA) is 29.5 Å². The van der Waals surface area contributed by atoms with Crippen molar-refractivity contribution in [2.45, 2.75) is 11.3 Å². The Morgan fingerprint density at radius 3 is 2.77 bits per heavy atom. The Bertz CT molecular complexity index is 660. The predicted molar refractivity (Wildman–Crippen MR) is 93.8 cm³/mol. The first-order valence-corrected chi connectivity index (χ1v) is 8.92. The van der Waals surface area contributed by atoms with E-state index in [4.69, 9.17) is 4.74 Å². The van der Waals surface area contributed by atoms with Crippen LogP contribution in [0.2, 0.25) is 0 Å². The first kappa shape index (κ1) is 15.4. The molecule has 0 aliphatic carbocycles. The number of carbonyl (C=O) groups is 1. The van der Waals surface area contributed by atoms with E-state index in [1.807, 2.05) is 47.4 Å². The molecular weight excluding hydrogens is 362 g/mol. The lowest BCUT2D eigenvalue weighted by Gasteiger charge is -2.22. The van der Waals surface area contributed by atoms with Crippen LogP contribution in [0.15, 0.2) is 57.9 Å². The van der Waals surface area contributed by atoms with Crippen molar-refractivity contribution in [3.8, 4) is 5.75 Å². The highest BCUT2D eigenvalue weighted by Gasteiger charge is 2.21. The molecule has 1 aliphatic heterocycles. The summed E-state index contributed by atoms with van der Waals surface area (Å²) in [4.78, 5) is 15.5. The molecule has 0 N–H and O–H groups in total. The summed E-state index contributed by atoms with van der Waals surface area (Å²) in [5.74, 6) is 1.74. The molecule has 0 aromatic heterocycles. The van der Waals surface area contributed by atoms with E-state index in [1.54, 1.807) is 11.8 Å². The molecule has 3 rings (SSSR count). The third-order valence-corrected chi connectivity index (χ3v) is 5.09. The summed E-state index contributed by atoms with van der Waals surface area (Å²) in [6.07, 6.45) is 0.989. The Morgan fingerprint density at radius 2 is 1.95 bits per heavy atom. The van der Waals surface area contributed by atoms with Gasteiger partial charge < -0.3 is 9.64 Å². The number of benzene rings is 2. The van der Waals surface area contributed by atoms with E-state index >= 15 is 0 Å². The first-order chi connectivity index (χ1) is 10.7. The van der Waals surface area contributed by atoms with E-state index < -0.39 is 0 Å². The maximum absolute atomic E-state index is 12.5. The fraction of sp³-hybridized carbons (Fsp3) is 0.235. The van der Waals surface area contributed by atoms with Crippen molar-refractivity contribution in [2.75, 3.05) is 23.8 Å². The highest BCUT2D eigenvalue weighted by molar-refractivity contribution is 9.10. The molecule has 0 atom stereocenters. The van der Waals surface area contributed by atoms with Crippen molar-refractivity contribution in [3.63, 3.8) is 0 Å². The van der Waals surface area contributed by atoms with Gasteiger partial charge in [-0.3, -0.25) is 4.79 Å². The Kier molecular flexibility index (Phi) is 5.05. The van der Waals surface area contributed by atoms with Gasteiger partial charge in [-0.25, -0.2) is 0 Å². The van der Waals surface area contributed by atoms with Crippen LogP contribution in [0.1, 0.15) is 6.42 Å². The zero-order valence-corrected chi connectivity index (χ0v) is 14.4. The highest BCUT2D eigenvalue weighted by atomic mass is 79.9. The number of rotatable bonds is 3. The molecule has 2 aromatic carbocycles. The van der Waals surface area contributed by atoms with Gasteiger partial charge in [0.1, 0.15) is 5.75 Å². The minimum atomic E-state index is -0.00197. The molecule has 3 nitrogen and oxygen atoms in total. The molecule has 2 aromatic rings. The maximum Gasteiger partial charge on any atom is 0.264 e. The van der Waals surface area contributed by atoms with Gasteiger partial charge in [0.25, 0.3) is 5.91 Å². The third-order valence-electron chi connectivity index (χ3n) is 3.42. The third kappa shape index (κ3) is 3.65. The average Bonchev–Trinajstić information content (AvgIpc) is 2.76. The lowest BCUT2D eigenvalue weighted by atomic mass is 10.2. The van der Waals surface area contributed by atoms with Crippen molar-refractivity contribution in [3.05, 3.63) is 53.0 Å². The number of halogens is 1. The molecule has 1 aliphatic rings. The molecule has 0 saturated heterocycles. The van der Waals surface area contributed by atoms with E-state index in [1.165, 1.54) is 0 Å². The van der Waals surface area contributed by atoms with Gasteiger partial charge >= 0.3 is 0 Å². The van der Waals surface area contributed by atoms with Crippen molar-refractivity contribution >= 4 is 39.3 Å². The maximum atomic E-state index is 12.5. The number of fused-ring (bicyclic) bond motifs is 1. The summed E-state index contributed by atoms with van der Waals surface area (Å²) < 4.78 is 6.60. The van der Waals surface area contributed by atoms with E-state index in [-0.39, 0.29) is 12.5 Å². The number of hydrogen-bond acceptors (Lipinski definition) is 3. The lowest BCUT2D eigenvalue weighted by molar-refractivity contribution is -0.120. The van der Waals surface area contributed by atoms with E-state index in [9.17, 15) is 4.79 Å². The van der Waals surface area contributed by atoms with Gasteiger partial charge in [-0.2, -0.15) is 0 Å². The van der Waals surface area contributed by atoms with Gasteiger partial charge in [-0.1, -0.05) is 28.1 Å². The number of amides is 1. The summed E-state index contributed by atoms with van der Waals surface area (Å²) in [5.41, 5.74) is 0.995. The van der Waals surface area contributed by atoms with Crippen LogP contribution in [-0.4, -0.2) is 24.8 Å². The van der Waals surface area contributed by atoms with E-state index in [2.05, 4.69) is 22.0 Å². The quantitative estimate of drug-likeness (QED) is 0.795. The van der Waals surface area contributed by atoms with E-state index in [0.717, 1.165) is 33.8 Å². The normalized spacial score (nSPS) is 14.1. The van der Waals surface area contributed by atoms with Gasteiger partial charge in [0, 0.05) is 15.9 Å². The van der Waals surface area contributed by atoms with Crippen LogP contribution in [-0.2, 0) is 4.79 Å². The summed E-state index contributed by atoms with van der Waals surface area (Å²) in [6, 6.07) is 15.6. The second-order valence-electron chi connectivity index (χ2n) is 4.96. The number of para-hydroxylation sites is 1. The monoisotopic (exact) mass is 377 g/mol. The Labute approximate surface area is 142 Å². The Hall–Kier alpha value is -1.46. The minimum absolute atomic E-state index is 0.00197. The van der Waals surface area contributed by atoms with Crippen LogP contribution >= 0.6 is 27.7 Å². The number of thioether (sulfide) groups is 1. The molecule has 5 heteroatoms. The molecule has 0 unspecified atom stereocenters. The zero-order valence-electron chi connectivity index (χ0n) is 12.0. The molecule has 1 amide bonds. The Morgan fingerprint density at radius 1 is 1.18 bits per heavy atom. The number of ether oxygens (including phenoxy) is 1. The lowest BCUT2D eigenvalue weighted by Crippen LogP contribution is -2.35. The molecule has 0 saturated carbocycles. The molecule has 1 heterocycles. The molecule has 114 valence electrons. The van der Waals surface area contributed by atoms with Crippen LogP contribution in [0.4, 0.5) is 5.69 Å². The van der Waals surface area contributed by atoms with Crippen molar-refractivity contribution in [1.82, 2.24) is 0 Å². The van der Waals surface area contributed by atoms with Crippen LogP contribution in [0.3, 0.4) is 0 Å². The molecule has 0 radical (unpaired) electrons. The van der Waals surface area contributed by atoms with Gasteiger partial charge in [0.2, 0.25) is 0 Å². The second kappa shape index (κ2) is 7.20. The molecule has 0 spiro atoms. The van der Waals surface area contributed by atoms with Gasteiger partial charge in [0.05, 0.1) is 5.69 Å². The molecule has 0 bridgehead atoms. The van der Waals surface area contributed by atoms with Crippen molar-refractivity contribution < 1.29 is 9.53 Å². The van der Waals surface area contributed by atoms with Crippen LogP contribution in [0.5, 0.6) is 5.75 Å². The predicted octanol–water partition coefficient (Wildman–Crippen LogP) is 4.36. The highest BCUT2D eigenvalue weighted by Crippen LogP contribution is 2.33. The smallest absolute Gasteiger partial charge is 0.264 e. The summed E-state index contributed by atoms with van der Waals surface area (Å²) >= 11 is 5.19. The Balaban J connectivity index is 1.70. The fourth-order valence-electron chi connectivity index (χ4n) is 2.34. The second-order valence-corrected chi connectivity index (χ2v) is 7.01. The van der Waals surface area contributed by atoms with Crippen LogP contribution in [0.25, 0.3) is 0 Å². The average molecular weight is 378 g/mol. The van der Waals surface area contributed by atoms with Crippen molar-refractivity contribution in [2.24, 2.45) is 0 Å². The van der Waals surface area contributed by atoms with Gasteiger partial charge in [-0.15, -0.1) is 11.8 Å². The summed E-state index contributed by atoms with van der Waals surface area (Å²) in [5, 5.41) is 0. The molecule has 22 heavy (non-hydrogen) atoms. The number of carbonyl (C=O) groups excluding carboxylic acids is 1. The van der Waals surface area contributed by atoms with Crippen molar-refractivity contribution in [1.29, 1.82) is 0 Å². The van der Waals surface area contributed by atoms with Crippen LogP contribution < -0.4 is 9.64 Å². The minimum Gasteiger partial charge on any atom is -0.484 e. The largest absolute Gasteiger partial charge is 0.484 e. The standard InChI is InChI=1S/C17H16BrNO2S/c18-13-6-8-14(9-7-13)21-12-17(20)19-10-3-11-22-16-5-2-1-4-15(16)19/h1-2,4-9H,3,10-12H2. The number of anilines is 1. The number of nitrogens with zero attached hydrogens (tertiary/aromatic N) is 1. The first-order valence-electron chi connectivity index (χ1n) is 7.14. The van der Waals surface area contributed by atoms with E-state index in [0.29, 0.717) is 5.75 Å². The summed E-state index contributed by atoms with van der Waals surface area (Å²) in [6.45, 7) is 0.799. The fourth-order valence-corrected chi connectivity index (χ4v) is 3.60. The van der Waals surface area contributed by atoms with Gasteiger partial charge in [-0.05, 0) is 48.6 Å². The zero-order chi connectivity index (χ0) is 15.4. The van der Waals surface area contributed by atoms with Crippen LogP contribution in [0, 0.1) is 0 Å². The molecule has 0 fully saturated rings. The summed E-state index contributed by atoms with van der Waals surface area (Å²) in [7, 11) is 0. The molecular formula is C17H16BrNO2S.